The third-order valence-electron chi connectivity index (χ3n) is 3.24. The largest absolute Gasteiger partial charge is 0.352 e. The molecule has 2 rings (SSSR count). The molecule has 1 aromatic carbocycles. The summed E-state index contributed by atoms with van der Waals surface area (Å²) in [7, 11) is 0. The Balaban J connectivity index is 2.20. The molecule has 0 fully saturated rings. The van der Waals surface area contributed by atoms with E-state index in [9.17, 15) is 0 Å². The van der Waals surface area contributed by atoms with Crippen LogP contribution in [-0.4, -0.2) is 25.5 Å². The number of nitriles is 1. The van der Waals surface area contributed by atoms with Crippen molar-refractivity contribution in [1.82, 2.24) is 14.7 Å². The molecule has 0 amide bonds. The Morgan fingerprint density at radius 3 is 2.76 bits per heavy atom. The smallest absolute Gasteiger partial charge is 0.133 e. The van der Waals surface area contributed by atoms with Crippen molar-refractivity contribution < 1.29 is 0 Å². The summed E-state index contributed by atoms with van der Waals surface area (Å²) in [6, 6.07) is 12.1. The van der Waals surface area contributed by atoms with Gasteiger partial charge in [0.1, 0.15) is 4.32 Å². The van der Waals surface area contributed by atoms with Crippen molar-refractivity contribution in [2.24, 2.45) is 0 Å². The van der Waals surface area contributed by atoms with Gasteiger partial charge in [0.05, 0.1) is 24.4 Å². The lowest BCUT2D eigenvalue weighted by molar-refractivity contribution is 0.436. The Labute approximate surface area is 135 Å². The third-order valence-corrected chi connectivity index (χ3v) is 3.78. The van der Waals surface area contributed by atoms with E-state index in [1.807, 2.05) is 53.0 Å². The topological polar surface area (TPSA) is 44.9 Å². The molecule has 1 aromatic heterocycles. The predicted octanol–water partition coefficient (Wildman–Crippen LogP) is 3.11. The summed E-state index contributed by atoms with van der Waals surface area (Å²) in [6.45, 7) is 3.22. The molecule has 0 spiro atoms. The van der Waals surface area contributed by atoms with Gasteiger partial charge in [-0.25, -0.2) is 4.68 Å². The van der Waals surface area contributed by atoms with Gasteiger partial charge in [0, 0.05) is 24.3 Å². The number of benzene rings is 1. The minimum Gasteiger partial charge on any atom is -0.352 e. The summed E-state index contributed by atoms with van der Waals surface area (Å²) in [4.78, 5) is 1.90. The molecule has 0 N–H and O–H groups in total. The molecule has 0 bridgehead atoms. The number of rotatable bonds is 5. The van der Waals surface area contributed by atoms with Crippen LogP contribution in [0.25, 0.3) is 5.69 Å². The minimum atomic E-state index is 0.423. The number of nitrogens with zero attached hydrogens (tertiary/aromatic N) is 4. The van der Waals surface area contributed by atoms with Crippen LogP contribution in [0.4, 0.5) is 0 Å². The van der Waals surface area contributed by atoms with Crippen LogP contribution in [0.3, 0.4) is 0 Å². The zero-order valence-corrected chi connectivity index (χ0v) is 13.4. The van der Waals surface area contributed by atoms with Gasteiger partial charge in [0.15, 0.2) is 0 Å². The molecule has 0 saturated heterocycles. The molecule has 0 unspecified atom stereocenters. The molecule has 108 valence electrons. The van der Waals surface area contributed by atoms with Gasteiger partial charge < -0.3 is 4.90 Å². The Morgan fingerprint density at radius 2 is 2.14 bits per heavy atom. The molecule has 0 saturated carbocycles. The third kappa shape index (κ3) is 3.84. The van der Waals surface area contributed by atoms with Gasteiger partial charge in [-0.05, 0) is 19.1 Å². The first-order valence-corrected chi connectivity index (χ1v) is 7.42. The van der Waals surface area contributed by atoms with Crippen LogP contribution in [-0.2, 0) is 6.54 Å². The summed E-state index contributed by atoms with van der Waals surface area (Å²) in [5, 5.41) is 13.1. The maximum Gasteiger partial charge on any atom is 0.133 e. The fourth-order valence-electron chi connectivity index (χ4n) is 2.06. The Bertz CT molecular complexity index is 658. The average molecular weight is 316 g/mol. The molecular weight excluding hydrogens is 300 g/mol. The number of para-hydroxylation sites is 1. The number of hydrogen-bond acceptors (Lipinski definition) is 3. The van der Waals surface area contributed by atoms with E-state index < -0.39 is 0 Å². The highest BCUT2D eigenvalue weighted by Crippen LogP contribution is 2.16. The van der Waals surface area contributed by atoms with Crippen LogP contribution in [0.2, 0.25) is 0 Å². The van der Waals surface area contributed by atoms with Crippen molar-refractivity contribution in [2.45, 2.75) is 19.9 Å². The second-order valence-corrected chi connectivity index (χ2v) is 5.73. The summed E-state index contributed by atoms with van der Waals surface area (Å²) in [5.74, 6) is 0. The van der Waals surface area contributed by atoms with Crippen molar-refractivity contribution >= 4 is 29.2 Å². The first kappa shape index (κ1) is 15.5. The Kier molecular flexibility index (Phi) is 5.37. The summed E-state index contributed by atoms with van der Waals surface area (Å²) in [6.07, 6.45) is 2.26. The van der Waals surface area contributed by atoms with E-state index in [-0.39, 0.29) is 0 Å². The first-order valence-electron chi connectivity index (χ1n) is 6.57. The van der Waals surface area contributed by atoms with E-state index >= 15 is 0 Å². The molecule has 2 aromatic rings. The fourth-order valence-corrected chi connectivity index (χ4v) is 2.39. The molecule has 6 heteroatoms. The molecule has 0 aliphatic rings. The quantitative estimate of drug-likeness (QED) is 0.680. The summed E-state index contributed by atoms with van der Waals surface area (Å²) in [5.41, 5.74) is 3.17. The van der Waals surface area contributed by atoms with Gasteiger partial charge in [-0.3, -0.25) is 0 Å². The molecule has 0 aliphatic heterocycles. The van der Waals surface area contributed by atoms with E-state index in [1.165, 1.54) is 0 Å². The first-order chi connectivity index (χ1) is 10.1. The molecule has 4 nitrogen and oxygen atoms in total. The van der Waals surface area contributed by atoms with Gasteiger partial charge in [0.2, 0.25) is 0 Å². The van der Waals surface area contributed by atoms with E-state index in [0.717, 1.165) is 16.9 Å². The van der Waals surface area contributed by atoms with Gasteiger partial charge in [-0.1, -0.05) is 30.4 Å². The number of thiocarbonyl (C=S) groups is 1. The van der Waals surface area contributed by atoms with E-state index in [1.54, 1.807) is 0 Å². The Morgan fingerprint density at radius 1 is 1.43 bits per heavy atom. The monoisotopic (exact) mass is 316 g/mol. The van der Waals surface area contributed by atoms with Crippen LogP contribution in [0.5, 0.6) is 0 Å². The lowest BCUT2D eigenvalue weighted by atomic mass is 10.2. The molecule has 1 heterocycles. The lowest BCUT2D eigenvalue weighted by Gasteiger charge is -2.21. The molecule has 21 heavy (non-hydrogen) atoms. The van der Waals surface area contributed by atoms with Crippen molar-refractivity contribution in [3.8, 4) is 11.8 Å². The molecule has 0 aliphatic carbocycles. The summed E-state index contributed by atoms with van der Waals surface area (Å²) >= 11 is 9.35. The second kappa shape index (κ2) is 7.25. The maximum atomic E-state index is 8.71. The maximum absolute atomic E-state index is 8.71. The highest BCUT2D eigenvalue weighted by atomic mass is 32.1. The zero-order chi connectivity index (χ0) is 15.2. The van der Waals surface area contributed by atoms with Crippen molar-refractivity contribution in [3.63, 3.8) is 0 Å². The van der Waals surface area contributed by atoms with Gasteiger partial charge in [-0.15, -0.1) is 12.6 Å². The molecule has 0 radical (unpaired) electrons. The van der Waals surface area contributed by atoms with Crippen LogP contribution in [0.15, 0.2) is 36.5 Å². The van der Waals surface area contributed by atoms with Gasteiger partial charge >= 0.3 is 0 Å². The van der Waals surface area contributed by atoms with Crippen LogP contribution >= 0.6 is 24.8 Å². The molecule has 0 atom stereocenters. The van der Waals surface area contributed by atoms with E-state index in [4.69, 9.17) is 17.5 Å². The minimum absolute atomic E-state index is 0.423. The number of thiol groups is 1. The lowest BCUT2D eigenvalue weighted by Crippen LogP contribution is -2.26. The predicted molar refractivity (Wildman–Crippen MR) is 90.5 cm³/mol. The van der Waals surface area contributed by atoms with Gasteiger partial charge in [-0.2, -0.15) is 10.4 Å². The zero-order valence-electron chi connectivity index (χ0n) is 11.7. The average Bonchev–Trinajstić information content (AvgIpc) is 2.85. The highest BCUT2D eigenvalue weighted by molar-refractivity contribution is 8.10. The van der Waals surface area contributed by atoms with Crippen molar-refractivity contribution in [2.75, 3.05) is 6.54 Å². The van der Waals surface area contributed by atoms with E-state index in [0.29, 0.717) is 23.8 Å². The number of aromatic nitrogens is 2. The van der Waals surface area contributed by atoms with Crippen molar-refractivity contribution in [1.29, 1.82) is 5.26 Å². The number of hydrogen-bond donors (Lipinski definition) is 1. The Hall–Kier alpha value is -1.84. The van der Waals surface area contributed by atoms with Crippen molar-refractivity contribution in [3.05, 3.63) is 47.8 Å². The van der Waals surface area contributed by atoms with Crippen LogP contribution in [0, 0.1) is 18.3 Å². The highest BCUT2D eigenvalue weighted by Gasteiger charge is 2.13. The molecular formula is C15H16N4S2. The van der Waals surface area contributed by atoms with Crippen LogP contribution < -0.4 is 0 Å². The SMILES string of the molecule is Cc1c(CN(CCC#N)C(=S)S)cnn1-c1ccccc1. The van der Waals surface area contributed by atoms with Gasteiger partial charge in [0.25, 0.3) is 0 Å². The fraction of sp³-hybridized carbons (Fsp3) is 0.267. The van der Waals surface area contributed by atoms with Crippen LogP contribution in [0.1, 0.15) is 17.7 Å². The normalized spacial score (nSPS) is 10.1. The van der Waals surface area contributed by atoms with E-state index in [2.05, 4.69) is 23.8 Å². The standard InChI is InChI=1S/C15H16N4S2/c1-12-13(11-18(15(20)21)9-5-8-16)10-17-19(12)14-6-3-2-4-7-14/h2-4,6-7,10H,5,9,11H2,1H3,(H,20,21). The summed E-state index contributed by atoms with van der Waals surface area (Å²) < 4.78 is 2.40. The second-order valence-electron chi connectivity index (χ2n) is 4.61.